The fraction of sp³-hybridized carbons (Fsp3) is 0.286. The SMILES string of the molecule is COC(=O)[C@@]1(C)[NH2+][C@@H](c2ccc(Cl)cc2)[C@H]2C(=O)N(c3ccccc3)C(=O)[C@H]21. The summed E-state index contributed by atoms with van der Waals surface area (Å²) in [6.45, 7) is 1.67. The summed E-state index contributed by atoms with van der Waals surface area (Å²) < 4.78 is 5.00. The van der Waals surface area contributed by atoms with Crippen molar-refractivity contribution < 1.29 is 24.4 Å². The highest BCUT2D eigenvalue weighted by molar-refractivity contribution is 6.30. The van der Waals surface area contributed by atoms with Gasteiger partial charge in [-0.2, -0.15) is 0 Å². The Balaban J connectivity index is 1.82. The summed E-state index contributed by atoms with van der Waals surface area (Å²) in [4.78, 5) is 40.5. The second kappa shape index (κ2) is 6.72. The van der Waals surface area contributed by atoms with Gasteiger partial charge in [-0.1, -0.05) is 41.9 Å². The Morgan fingerprint density at radius 2 is 1.71 bits per heavy atom. The number of nitrogens with two attached hydrogens (primary N) is 1. The second-order valence-corrected chi connectivity index (χ2v) is 7.81. The topological polar surface area (TPSA) is 80.3 Å². The van der Waals surface area contributed by atoms with E-state index in [9.17, 15) is 14.4 Å². The zero-order valence-corrected chi connectivity index (χ0v) is 16.2. The molecule has 2 N–H and O–H groups in total. The molecule has 2 aliphatic heterocycles. The fourth-order valence-corrected chi connectivity index (χ4v) is 4.62. The first kappa shape index (κ1) is 18.7. The molecule has 7 heteroatoms. The van der Waals surface area contributed by atoms with E-state index in [1.54, 1.807) is 48.6 Å². The third-order valence-electron chi connectivity index (χ3n) is 5.80. The average Bonchev–Trinajstić information content (AvgIpc) is 3.16. The van der Waals surface area contributed by atoms with Crippen molar-refractivity contribution in [3.8, 4) is 0 Å². The Hall–Kier alpha value is -2.70. The number of rotatable bonds is 3. The van der Waals surface area contributed by atoms with Crippen LogP contribution in [0.3, 0.4) is 0 Å². The highest BCUT2D eigenvalue weighted by atomic mass is 35.5. The standard InChI is InChI=1S/C21H19ClN2O4/c1-21(20(27)28-2)16-15(17(23-21)12-8-10-13(22)11-9-12)18(25)24(19(16)26)14-6-4-3-5-7-14/h3-11,15-17,23H,1-2H3/p+1/t15-,16-,17-,21-/m0/s1. The lowest BCUT2D eigenvalue weighted by Crippen LogP contribution is -2.97. The largest absolute Gasteiger partial charge is 0.464 e. The number of hydrogen-bond donors (Lipinski definition) is 1. The van der Waals surface area contributed by atoms with Crippen molar-refractivity contribution in [3.05, 3.63) is 65.2 Å². The number of carbonyl (C=O) groups excluding carboxylic acids is 3. The molecular formula is C21H20ClN2O4+. The highest BCUT2D eigenvalue weighted by Gasteiger charge is 2.70. The van der Waals surface area contributed by atoms with Gasteiger partial charge in [0.2, 0.25) is 17.4 Å². The van der Waals surface area contributed by atoms with Gasteiger partial charge in [0.05, 0.1) is 12.8 Å². The van der Waals surface area contributed by atoms with Crippen molar-refractivity contribution in [3.63, 3.8) is 0 Å². The quantitative estimate of drug-likeness (QED) is 0.629. The van der Waals surface area contributed by atoms with Crippen LogP contribution in [0.1, 0.15) is 18.5 Å². The highest BCUT2D eigenvalue weighted by Crippen LogP contribution is 2.45. The maximum absolute atomic E-state index is 13.4. The van der Waals surface area contributed by atoms with Gasteiger partial charge in [-0.05, 0) is 24.3 Å². The Morgan fingerprint density at radius 1 is 1.07 bits per heavy atom. The van der Waals surface area contributed by atoms with E-state index in [1.165, 1.54) is 12.0 Å². The first-order valence-electron chi connectivity index (χ1n) is 9.01. The van der Waals surface area contributed by atoms with Crippen LogP contribution in [0.4, 0.5) is 5.69 Å². The fourth-order valence-electron chi connectivity index (χ4n) is 4.50. The summed E-state index contributed by atoms with van der Waals surface area (Å²) in [6, 6.07) is 15.5. The Kier molecular flexibility index (Phi) is 4.48. The number of nitrogens with zero attached hydrogens (tertiary/aromatic N) is 1. The molecule has 2 aromatic carbocycles. The van der Waals surface area contributed by atoms with Crippen molar-refractivity contribution in [2.45, 2.75) is 18.5 Å². The minimum atomic E-state index is -1.19. The van der Waals surface area contributed by atoms with E-state index >= 15 is 0 Å². The van der Waals surface area contributed by atoms with E-state index < -0.39 is 29.4 Å². The van der Waals surface area contributed by atoms with Gasteiger partial charge >= 0.3 is 5.97 Å². The molecule has 2 aromatic rings. The lowest BCUT2D eigenvalue weighted by Gasteiger charge is -2.25. The third-order valence-corrected chi connectivity index (χ3v) is 6.06. The van der Waals surface area contributed by atoms with Crippen LogP contribution in [0.15, 0.2) is 54.6 Å². The summed E-state index contributed by atoms with van der Waals surface area (Å²) >= 11 is 6.00. The van der Waals surface area contributed by atoms with Crippen molar-refractivity contribution in [1.82, 2.24) is 0 Å². The Bertz CT molecular complexity index is 947. The molecule has 4 rings (SSSR count). The Morgan fingerprint density at radius 3 is 2.32 bits per heavy atom. The normalized spacial score (nSPS) is 29.1. The number of esters is 1. The number of quaternary nitrogens is 1. The number of para-hydroxylation sites is 1. The predicted octanol–water partition coefficient (Wildman–Crippen LogP) is 1.70. The zero-order chi connectivity index (χ0) is 20.1. The van der Waals surface area contributed by atoms with Crippen LogP contribution in [-0.2, 0) is 19.1 Å². The van der Waals surface area contributed by atoms with Crippen LogP contribution in [0.2, 0.25) is 5.02 Å². The van der Waals surface area contributed by atoms with Gasteiger partial charge in [0.15, 0.2) is 0 Å². The van der Waals surface area contributed by atoms with Crippen LogP contribution in [0.25, 0.3) is 0 Å². The zero-order valence-electron chi connectivity index (χ0n) is 15.5. The van der Waals surface area contributed by atoms with Gasteiger partial charge in [0, 0.05) is 17.5 Å². The molecule has 4 atom stereocenters. The number of methoxy groups -OCH3 is 1. The summed E-state index contributed by atoms with van der Waals surface area (Å²) in [5.74, 6) is -2.67. The van der Waals surface area contributed by atoms with Crippen LogP contribution in [-0.4, -0.2) is 30.4 Å². The third kappa shape index (κ3) is 2.64. The maximum atomic E-state index is 13.4. The van der Waals surface area contributed by atoms with Gasteiger partial charge < -0.3 is 10.1 Å². The molecule has 0 bridgehead atoms. The number of halogens is 1. The molecule has 0 unspecified atom stereocenters. The van der Waals surface area contributed by atoms with Gasteiger partial charge in [-0.3, -0.25) is 9.59 Å². The maximum Gasteiger partial charge on any atom is 0.368 e. The van der Waals surface area contributed by atoms with E-state index in [0.717, 1.165) is 5.56 Å². The number of carbonyl (C=O) groups is 3. The molecule has 0 spiro atoms. The number of benzene rings is 2. The van der Waals surface area contributed by atoms with Gasteiger partial charge in [-0.15, -0.1) is 0 Å². The van der Waals surface area contributed by atoms with E-state index in [1.807, 2.05) is 18.2 Å². The smallest absolute Gasteiger partial charge is 0.368 e. The van der Waals surface area contributed by atoms with E-state index in [2.05, 4.69) is 0 Å². The summed E-state index contributed by atoms with van der Waals surface area (Å²) in [6.07, 6.45) is 0. The molecule has 2 aliphatic rings. The van der Waals surface area contributed by atoms with Crippen LogP contribution in [0, 0.1) is 11.8 Å². The van der Waals surface area contributed by atoms with Crippen molar-refractivity contribution >= 4 is 35.1 Å². The monoisotopic (exact) mass is 399 g/mol. The molecular weight excluding hydrogens is 380 g/mol. The minimum absolute atomic E-state index is 0.301. The predicted molar refractivity (Wildman–Crippen MR) is 102 cm³/mol. The van der Waals surface area contributed by atoms with E-state index in [-0.39, 0.29) is 11.8 Å². The average molecular weight is 400 g/mol. The molecule has 144 valence electrons. The number of imide groups is 1. The molecule has 2 saturated heterocycles. The number of ether oxygens (including phenoxy) is 1. The molecule has 0 aromatic heterocycles. The molecule has 28 heavy (non-hydrogen) atoms. The summed E-state index contributed by atoms with van der Waals surface area (Å²) in [5, 5.41) is 2.36. The number of hydrogen-bond acceptors (Lipinski definition) is 4. The van der Waals surface area contributed by atoms with Gasteiger partial charge in [0.25, 0.3) is 0 Å². The summed E-state index contributed by atoms with van der Waals surface area (Å²) in [7, 11) is 1.29. The van der Waals surface area contributed by atoms with Crippen LogP contribution in [0.5, 0.6) is 0 Å². The lowest BCUT2D eigenvalue weighted by molar-refractivity contribution is -0.730. The van der Waals surface area contributed by atoms with Gasteiger partial charge in [-0.25, -0.2) is 9.69 Å². The molecule has 2 amide bonds. The van der Waals surface area contributed by atoms with Crippen LogP contribution >= 0.6 is 11.6 Å². The summed E-state index contributed by atoms with van der Waals surface area (Å²) in [5.41, 5.74) is 0.150. The van der Waals surface area contributed by atoms with Gasteiger partial charge in [0.1, 0.15) is 17.9 Å². The number of anilines is 1. The number of amides is 2. The Labute approximate surface area is 167 Å². The van der Waals surface area contributed by atoms with Crippen molar-refractivity contribution in [1.29, 1.82) is 0 Å². The van der Waals surface area contributed by atoms with Crippen molar-refractivity contribution in [2.75, 3.05) is 12.0 Å². The molecule has 6 nitrogen and oxygen atoms in total. The molecule has 0 aliphatic carbocycles. The molecule has 0 saturated carbocycles. The molecule has 0 radical (unpaired) electrons. The minimum Gasteiger partial charge on any atom is -0.464 e. The van der Waals surface area contributed by atoms with E-state index in [4.69, 9.17) is 16.3 Å². The lowest BCUT2D eigenvalue weighted by atomic mass is 9.80. The van der Waals surface area contributed by atoms with Crippen molar-refractivity contribution in [2.24, 2.45) is 11.8 Å². The number of fused-ring (bicyclic) bond motifs is 1. The first-order valence-corrected chi connectivity index (χ1v) is 9.39. The van der Waals surface area contributed by atoms with Crippen LogP contribution < -0.4 is 10.2 Å². The first-order chi connectivity index (χ1) is 13.4. The van der Waals surface area contributed by atoms with E-state index in [0.29, 0.717) is 10.7 Å². The molecule has 2 heterocycles. The second-order valence-electron chi connectivity index (χ2n) is 7.37. The molecule has 2 fully saturated rings.